The third-order valence-electron chi connectivity index (χ3n) is 4.88. The number of hydrogen-bond donors (Lipinski definition) is 2. The number of aromatic amines is 1. The molecule has 4 aromatic rings. The van der Waals surface area contributed by atoms with Gasteiger partial charge in [0, 0.05) is 34.3 Å². The number of thiazole rings is 1. The summed E-state index contributed by atoms with van der Waals surface area (Å²) >= 11 is 1.41. The molecule has 0 unspecified atom stereocenters. The molecular formula is C23H22N4O2S. The minimum absolute atomic E-state index is 0.122. The first-order valence-corrected chi connectivity index (χ1v) is 10.6. The number of para-hydroxylation sites is 1. The van der Waals surface area contributed by atoms with Crippen LogP contribution < -0.4 is 10.9 Å². The van der Waals surface area contributed by atoms with Crippen molar-refractivity contribution in [3.05, 3.63) is 87.2 Å². The number of H-pyrrole nitrogens is 1. The minimum Gasteiger partial charge on any atom is -0.326 e. The van der Waals surface area contributed by atoms with Crippen LogP contribution in [0.3, 0.4) is 0 Å². The number of nitrogens with zero attached hydrogens (tertiary/aromatic N) is 2. The van der Waals surface area contributed by atoms with Crippen LogP contribution in [0.2, 0.25) is 0 Å². The van der Waals surface area contributed by atoms with Crippen LogP contribution in [-0.4, -0.2) is 20.7 Å². The highest BCUT2D eigenvalue weighted by atomic mass is 32.1. The maximum absolute atomic E-state index is 12.9. The molecule has 2 aromatic heterocycles. The molecule has 30 heavy (non-hydrogen) atoms. The van der Waals surface area contributed by atoms with Gasteiger partial charge >= 0.3 is 0 Å². The van der Waals surface area contributed by atoms with Crippen LogP contribution in [-0.2, 0) is 11.2 Å². The van der Waals surface area contributed by atoms with E-state index in [1.807, 2.05) is 73.8 Å². The van der Waals surface area contributed by atoms with Gasteiger partial charge in [0.15, 0.2) is 0 Å². The first-order valence-electron chi connectivity index (χ1n) is 9.69. The lowest BCUT2D eigenvalue weighted by Crippen LogP contribution is -2.19. The summed E-state index contributed by atoms with van der Waals surface area (Å²) in [6.07, 6.45) is 0.596. The van der Waals surface area contributed by atoms with Gasteiger partial charge in [-0.1, -0.05) is 48.0 Å². The number of carbonyl (C=O) groups is 1. The number of carbonyl (C=O) groups excluding carboxylic acids is 1. The predicted molar refractivity (Wildman–Crippen MR) is 120 cm³/mol. The summed E-state index contributed by atoms with van der Waals surface area (Å²) in [6, 6.07) is 17.4. The molecule has 0 radical (unpaired) electrons. The molecule has 0 aliphatic carbocycles. The van der Waals surface area contributed by atoms with Crippen LogP contribution in [0.25, 0.3) is 16.4 Å². The summed E-state index contributed by atoms with van der Waals surface area (Å²) < 4.78 is 1.46. The SMILES string of the molecule is Cc1ccc(-c2csc(-n3[nH]c(C)c(CCC(=O)Nc4ccccc4)c3=O)n2)cc1. The molecule has 0 saturated heterocycles. The summed E-state index contributed by atoms with van der Waals surface area (Å²) in [5, 5.41) is 8.47. The van der Waals surface area contributed by atoms with Gasteiger partial charge in [0.1, 0.15) is 0 Å². The van der Waals surface area contributed by atoms with Crippen LogP contribution in [0.4, 0.5) is 5.69 Å². The number of hydrogen-bond acceptors (Lipinski definition) is 4. The Balaban J connectivity index is 1.49. The van der Waals surface area contributed by atoms with Gasteiger partial charge in [0.2, 0.25) is 11.0 Å². The number of benzene rings is 2. The minimum atomic E-state index is -0.162. The third kappa shape index (κ3) is 4.26. The van der Waals surface area contributed by atoms with Crippen molar-refractivity contribution in [1.29, 1.82) is 0 Å². The van der Waals surface area contributed by atoms with E-state index in [9.17, 15) is 9.59 Å². The molecule has 0 bridgehead atoms. The van der Waals surface area contributed by atoms with Gasteiger partial charge in [-0.2, -0.15) is 4.68 Å². The molecule has 0 aliphatic heterocycles. The van der Waals surface area contributed by atoms with E-state index in [1.165, 1.54) is 21.6 Å². The summed E-state index contributed by atoms with van der Waals surface area (Å²) in [5.74, 6) is -0.122. The van der Waals surface area contributed by atoms with Crippen molar-refractivity contribution in [2.45, 2.75) is 26.7 Å². The van der Waals surface area contributed by atoms with Gasteiger partial charge in [-0.05, 0) is 32.4 Å². The number of amides is 1. The van der Waals surface area contributed by atoms with E-state index in [1.54, 1.807) is 0 Å². The molecule has 2 N–H and O–H groups in total. The first kappa shape index (κ1) is 19.8. The third-order valence-corrected chi connectivity index (χ3v) is 5.71. The van der Waals surface area contributed by atoms with Crippen molar-refractivity contribution < 1.29 is 4.79 Å². The van der Waals surface area contributed by atoms with Crippen molar-refractivity contribution in [2.24, 2.45) is 0 Å². The maximum Gasteiger partial charge on any atom is 0.276 e. The molecule has 6 nitrogen and oxygen atoms in total. The fourth-order valence-corrected chi connectivity index (χ4v) is 4.01. The van der Waals surface area contributed by atoms with E-state index in [2.05, 4.69) is 15.4 Å². The number of rotatable bonds is 6. The highest BCUT2D eigenvalue weighted by Crippen LogP contribution is 2.24. The Bertz CT molecular complexity index is 1220. The lowest BCUT2D eigenvalue weighted by atomic mass is 10.1. The van der Waals surface area contributed by atoms with Gasteiger partial charge < -0.3 is 5.32 Å². The Labute approximate surface area is 178 Å². The molecule has 0 spiro atoms. The average molecular weight is 419 g/mol. The molecule has 2 heterocycles. The van der Waals surface area contributed by atoms with E-state index in [-0.39, 0.29) is 17.9 Å². The van der Waals surface area contributed by atoms with Crippen molar-refractivity contribution in [3.63, 3.8) is 0 Å². The highest BCUT2D eigenvalue weighted by molar-refractivity contribution is 7.12. The molecule has 4 rings (SSSR count). The summed E-state index contributed by atoms with van der Waals surface area (Å²) in [7, 11) is 0. The fraction of sp³-hybridized carbons (Fsp3) is 0.174. The van der Waals surface area contributed by atoms with Crippen molar-refractivity contribution in [3.8, 4) is 16.4 Å². The zero-order valence-corrected chi connectivity index (χ0v) is 17.6. The van der Waals surface area contributed by atoms with Crippen LogP contribution in [0.15, 0.2) is 64.8 Å². The van der Waals surface area contributed by atoms with E-state index >= 15 is 0 Å². The Hall–Kier alpha value is -3.45. The quantitative estimate of drug-likeness (QED) is 0.485. The summed E-state index contributed by atoms with van der Waals surface area (Å²) in [6.45, 7) is 3.88. The van der Waals surface area contributed by atoms with Crippen molar-refractivity contribution in [1.82, 2.24) is 14.8 Å². The van der Waals surface area contributed by atoms with Crippen LogP contribution in [0.1, 0.15) is 23.2 Å². The zero-order valence-electron chi connectivity index (χ0n) is 16.8. The topological polar surface area (TPSA) is 79.8 Å². The molecule has 0 saturated carbocycles. The molecule has 7 heteroatoms. The Morgan fingerprint density at radius 3 is 2.57 bits per heavy atom. The number of aromatic nitrogens is 3. The summed E-state index contributed by atoms with van der Waals surface area (Å²) in [4.78, 5) is 29.8. The molecule has 1 amide bonds. The van der Waals surface area contributed by atoms with E-state index < -0.39 is 0 Å². The molecule has 0 atom stereocenters. The number of aryl methyl sites for hydroxylation is 2. The average Bonchev–Trinajstić information content (AvgIpc) is 3.33. The Kier molecular flexibility index (Phi) is 5.63. The lowest BCUT2D eigenvalue weighted by Gasteiger charge is -2.04. The normalized spacial score (nSPS) is 10.9. The second-order valence-corrected chi connectivity index (χ2v) is 7.99. The number of anilines is 1. The Morgan fingerprint density at radius 2 is 1.83 bits per heavy atom. The monoisotopic (exact) mass is 418 g/mol. The molecular weight excluding hydrogens is 396 g/mol. The molecule has 0 aliphatic rings. The molecule has 2 aromatic carbocycles. The predicted octanol–water partition coefficient (Wildman–Crippen LogP) is 4.48. The van der Waals surface area contributed by atoms with Crippen LogP contribution in [0, 0.1) is 13.8 Å². The standard InChI is InChI=1S/C23H22N4O2S/c1-15-8-10-17(11-9-15)20-14-30-23(25-20)27-22(29)19(16(2)26-27)12-13-21(28)24-18-6-4-3-5-7-18/h3-11,14,26H,12-13H2,1-2H3,(H,24,28). The smallest absolute Gasteiger partial charge is 0.276 e. The Morgan fingerprint density at radius 1 is 1.10 bits per heavy atom. The lowest BCUT2D eigenvalue weighted by molar-refractivity contribution is -0.116. The second kappa shape index (κ2) is 8.51. The van der Waals surface area contributed by atoms with Crippen molar-refractivity contribution in [2.75, 3.05) is 5.32 Å². The van der Waals surface area contributed by atoms with Gasteiger partial charge in [0.25, 0.3) is 5.56 Å². The zero-order chi connectivity index (χ0) is 21.1. The van der Waals surface area contributed by atoms with E-state index in [0.717, 1.165) is 22.6 Å². The van der Waals surface area contributed by atoms with E-state index in [4.69, 9.17) is 0 Å². The number of nitrogens with one attached hydrogen (secondary N) is 2. The first-order chi connectivity index (χ1) is 14.5. The van der Waals surface area contributed by atoms with Crippen LogP contribution in [0.5, 0.6) is 0 Å². The summed E-state index contributed by atoms with van der Waals surface area (Å²) in [5.41, 5.74) is 4.97. The maximum atomic E-state index is 12.9. The largest absolute Gasteiger partial charge is 0.326 e. The van der Waals surface area contributed by atoms with Gasteiger partial charge in [-0.25, -0.2) is 4.98 Å². The van der Waals surface area contributed by atoms with E-state index in [0.29, 0.717) is 17.1 Å². The van der Waals surface area contributed by atoms with Gasteiger partial charge in [-0.15, -0.1) is 11.3 Å². The molecule has 152 valence electrons. The van der Waals surface area contributed by atoms with Gasteiger partial charge in [0.05, 0.1) is 5.69 Å². The van der Waals surface area contributed by atoms with Crippen LogP contribution >= 0.6 is 11.3 Å². The highest BCUT2D eigenvalue weighted by Gasteiger charge is 2.16. The van der Waals surface area contributed by atoms with Crippen molar-refractivity contribution >= 4 is 22.9 Å². The second-order valence-electron chi connectivity index (χ2n) is 7.15. The molecule has 0 fully saturated rings. The fourth-order valence-electron chi connectivity index (χ4n) is 3.22. The van der Waals surface area contributed by atoms with Gasteiger partial charge in [-0.3, -0.25) is 14.7 Å².